The minimum absolute atomic E-state index is 0.00684. The first-order valence-electron chi connectivity index (χ1n) is 15.0. The monoisotopic (exact) mass is 679 g/mol. The smallest absolute Gasteiger partial charge is 0.335 e. The number of halogens is 3. The Labute approximate surface area is 278 Å². The van der Waals surface area contributed by atoms with Gasteiger partial charge in [-0.1, -0.05) is 29.3 Å². The fourth-order valence-electron chi connectivity index (χ4n) is 6.86. The molecule has 0 aliphatic carbocycles. The Bertz CT molecular complexity index is 2020. The number of carboxylic acid groups (broad SMARTS) is 1. The summed E-state index contributed by atoms with van der Waals surface area (Å²) in [5.74, 6) is -1.18. The number of hydrogen-bond donors (Lipinski definition) is 1. The number of aromatic nitrogens is 3. The van der Waals surface area contributed by atoms with E-state index in [1.165, 1.54) is 18.5 Å². The minimum Gasteiger partial charge on any atom is -0.478 e. The van der Waals surface area contributed by atoms with Gasteiger partial charge in [0.2, 0.25) is 0 Å². The lowest BCUT2D eigenvalue weighted by atomic mass is 10.0. The predicted molar refractivity (Wildman–Crippen MR) is 170 cm³/mol. The summed E-state index contributed by atoms with van der Waals surface area (Å²) in [5.41, 5.74) is 2.95. The molecule has 14 heteroatoms. The molecule has 3 aromatic carbocycles. The number of ether oxygens (including phenoxy) is 3. The second-order valence-electron chi connectivity index (χ2n) is 11.9. The molecule has 3 aliphatic heterocycles. The summed E-state index contributed by atoms with van der Waals surface area (Å²) < 4.78 is 40.8. The quantitative estimate of drug-likeness (QED) is 0.221. The van der Waals surface area contributed by atoms with Crippen LogP contribution >= 0.6 is 23.2 Å². The first kappa shape index (κ1) is 30.0. The zero-order valence-electron chi connectivity index (χ0n) is 25.0. The highest BCUT2D eigenvalue weighted by molar-refractivity contribution is 6.35. The van der Waals surface area contributed by atoms with Gasteiger partial charge in [-0.05, 0) is 42.5 Å². The Morgan fingerprint density at radius 1 is 1.09 bits per heavy atom. The summed E-state index contributed by atoms with van der Waals surface area (Å²) >= 11 is 12.6. The van der Waals surface area contributed by atoms with Crippen LogP contribution in [-0.4, -0.2) is 68.9 Å². The lowest BCUT2D eigenvalue weighted by molar-refractivity contribution is -0.0705. The number of carbonyl (C=O) groups is 1. The number of benzene rings is 3. The van der Waals surface area contributed by atoms with E-state index in [0.717, 1.165) is 5.69 Å². The van der Waals surface area contributed by atoms with E-state index in [1.807, 2.05) is 22.8 Å². The Morgan fingerprint density at radius 3 is 2.72 bits per heavy atom. The molecule has 0 spiro atoms. The maximum Gasteiger partial charge on any atom is 0.335 e. The Hall–Kier alpha value is -4.36. The van der Waals surface area contributed by atoms with Crippen LogP contribution < -0.4 is 14.4 Å². The predicted octanol–water partition coefficient (Wildman–Crippen LogP) is 5.95. The highest BCUT2D eigenvalue weighted by Crippen LogP contribution is 2.51. The third-order valence-corrected chi connectivity index (χ3v) is 9.61. The van der Waals surface area contributed by atoms with Crippen molar-refractivity contribution in [3.63, 3.8) is 0 Å². The fraction of sp³-hybridized carbons (Fsp3) is 0.303. The first-order valence-corrected chi connectivity index (χ1v) is 15.8. The van der Waals surface area contributed by atoms with Crippen LogP contribution in [0.15, 0.2) is 65.6 Å². The molecule has 3 atom stereocenters. The maximum atomic E-state index is 15.0. The van der Waals surface area contributed by atoms with Gasteiger partial charge in [-0.15, -0.1) is 0 Å². The van der Waals surface area contributed by atoms with Gasteiger partial charge >= 0.3 is 5.97 Å². The van der Waals surface area contributed by atoms with Crippen LogP contribution in [0.3, 0.4) is 0 Å². The van der Waals surface area contributed by atoms with Crippen molar-refractivity contribution in [1.82, 2.24) is 19.4 Å². The second kappa shape index (κ2) is 11.4. The van der Waals surface area contributed by atoms with Crippen molar-refractivity contribution >= 4 is 45.9 Å². The molecule has 47 heavy (non-hydrogen) atoms. The lowest BCUT2D eigenvalue weighted by Crippen LogP contribution is -2.59. The van der Waals surface area contributed by atoms with Crippen molar-refractivity contribution in [2.45, 2.75) is 37.9 Å². The van der Waals surface area contributed by atoms with E-state index in [2.05, 4.69) is 14.8 Å². The fourth-order valence-corrected chi connectivity index (χ4v) is 7.27. The highest BCUT2D eigenvalue weighted by atomic mass is 35.5. The molecule has 3 aliphatic rings. The van der Waals surface area contributed by atoms with Crippen LogP contribution in [0.2, 0.25) is 10.0 Å². The van der Waals surface area contributed by atoms with Crippen molar-refractivity contribution < 1.29 is 32.9 Å². The van der Waals surface area contributed by atoms with Crippen LogP contribution in [0.1, 0.15) is 34.4 Å². The number of imidazole rings is 1. The van der Waals surface area contributed by atoms with Crippen molar-refractivity contribution in [3.05, 3.63) is 99.7 Å². The number of oxazole rings is 1. The summed E-state index contributed by atoms with van der Waals surface area (Å²) in [6, 6.07) is 13.1. The number of fused-ring (bicyclic) bond motifs is 3. The minimum atomic E-state index is -1.37. The molecule has 2 fully saturated rings. The molecule has 0 unspecified atom stereocenters. The van der Waals surface area contributed by atoms with Crippen LogP contribution in [0.25, 0.3) is 11.0 Å². The van der Waals surface area contributed by atoms with Gasteiger partial charge in [0, 0.05) is 25.0 Å². The van der Waals surface area contributed by atoms with E-state index in [1.54, 1.807) is 31.4 Å². The van der Waals surface area contributed by atoms with E-state index in [0.29, 0.717) is 73.4 Å². The molecule has 2 saturated heterocycles. The Morgan fingerprint density at radius 2 is 1.94 bits per heavy atom. The van der Waals surface area contributed by atoms with E-state index in [9.17, 15) is 14.3 Å². The molecular weight excluding hydrogens is 652 g/mol. The lowest BCUT2D eigenvalue weighted by Gasteiger charge is -2.44. The molecule has 2 aromatic heterocycles. The van der Waals surface area contributed by atoms with Crippen molar-refractivity contribution in [2.75, 3.05) is 31.2 Å². The van der Waals surface area contributed by atoms with E-state index in [4.69, 9.17) is 46.8 Å². The third-order valence-electron chi connectivity index (χ3n) is 9.09. The topological polar surface area (TPSA) is 115 Å². The summed E-state index contributed by atoms with van der Waals surface area (Å²) in [6.07, 6.45) is 2.90. The molecule has 0 radical (unpaired) electrons. The molecule has 8 rings (SSSR count). The molecule has 0 bridgehead atoms. The maximum absolute atomic E-state index is 15.0. The Balaban J connectivity index is 1.09. The van der Waals surface area contributed by atoms with E-state index < -0.39 is 17.6 Å². The molecule has 11 nitrogen and oxygen atoms in total. The Kier molecular flexibility index (Phi) is 7.28. The van der Waals surface area contributed by atoms with E-state index in [-0.39, 0.29) is 33.3 Å². The van der Waals surface area contributed by atoms with Crippen molar-refractivity contribution in [2.24, 2.45) is 0 Å². The van der Waals surface area contributed by atoms with Gasteiger partial charge < -0.3 is 33.2 Å². The molecule has 5 aromatic rings. The van der Waals surface area contributed by atoms with Crippen molar-refractivity contribution in [3.8, 4) is 11.5 Å². The van der Waals surface area contributed by atoms with Gasteiger partial charge in [-0.3, -0.25) is 4.90 Å². The molecule has 242 valence electrons. The number of para-hydroxylation sites is 1. The highest BCUT2D eigenvalue weighted by Gasteiger charge is 2.46. The summed E-state index contributed by atoms with van der Waals surface area (Å²) in [6.45, 7) is 4.80. The second-order valence-corrected chi connectivity index (χ2v) is 12.8. The number of carboxylic acids is 1. The first-order chi connectivity index (χ1) is 22.7. The van der Waals surface area contributed by atoms with Gasteiger partial charge in [0.25, 0.3) is 5.79 Å². The number of piperazine rings is 1. The van der Waals surface area contributed by atoms with Crippen LogP contribution in [0.4, 0.5) is 10.1 Å². The molecular formula is C33H28Cl2FN5O6. The average Bonchev–Trinajstić information content (AvgIpc) is 3.84. The summed E-state index contributed by atoms with van der Waals surface area (Å²) in [7, 11) is 0. The van der Waals surface area contributed by atoms with Gasteiger partial charge in [-0.25, -0.2) is 19.2 Å². The van der Waals surface area contributed by atoms with Crippen molar-refractivity contribution in [1.29, 1.82) is 0 Å². The van der Waals surface area contributed by atoms with Gasteiger partial charge in [0.05, 0.1) is 71.4 Å². The normalized spacial score (nSPS) is 22.3. The standard InChI is InChI=1S/C33H28Cl2FN5O6/c1-33(21-6-5-19(34)11-23(21)36)46-28-4-2-3-24(31(28)47-33)40-8-7-39(26-15-44-16-27(26)40)13-29-38-30-22(35)9-18(32(42)43)10-25(30)41(29)12-20-14-45-17-37-20/h2-6,9-11,14,17,26-27H,7-8,12-13,15-16H2,1H3,(H,42,43)/t26-,27+,33-/m0/s1. The summed E-state index contributed by atoms with van der Waals surface area (Å²) in [4.78, 5) is 25.6. The van der Waals surface area contributed by atoms with Gasteiger partial charge in [-0.2, -0.15) is 0 Å². The SMILES string of the molecule is C[C@]1(c2ccc(Cl)cc2F)Oc2cccc(N3CCN(Cc4nc5c(Cl)cc(C(=O)O)cc5n4Cc4cocn4)[C@H]4COC[C@H]43)c2O1. The zero-order chi connectivity index (χ0) is 32.4. The van der Waals surface area contributed by atoms with Crippen LogP contribution in [-0.2, 0) is 23.6 Å². The van der Waals surface area contributed by atoms with E-state index >= 15 is 0 Å². The van der Waals surface area contributed by atoms with Crippen LogP contribution in [0, 0.1) is 5.82 Å². The summed E-state index contributed by atoms with van der Waals surface area (Å²) in [5, 5.41) is 10.2. The number of rotatable bonds is 7. The van der Waals surface area contributed by atoms with Gasteiger partial charge in [0.15, 0.2) is 17.9 Å². The van der Waals surface area contributed by atoms with Crippen LogP contribution in [0.5, 0.6) is 11.5 Å². The molecule has 1 N–H and O–H groups in total. The number of aromatic carboxylic acids is 1. The third kappa shape index (κ3) is 5.16. The number of anilines is 1. The largest absolute Gasteiger partial charge is 0.478 e. The average molecular weight is 681 g/mol. The number of hydrogen-bond acceptors (Lipinski definition) is 9. The van der Waals surface area contributed by atoms with Gasteiger partial charge in [0.1, 0.15) is 23.4 Å². The molecule has 0 saturated carbocycles. The zero-order valence-corrected chi connectivity index (χ0v) is 26.5. The number of nitrogens with zero attached hydrogens (tertiary/aromatic N) is 5. The molecule has 5 heterocycles. The molecule has 0 amide bonds.